The van der Waals surface area contributed by atoms with Crippen LogP contribution in [0.15, 0.2) is 24.3 Å². The Balaban J connectivity index is 2.86. The Kier molecular flexibility index (Phi) is 4.86. The minimum Gasteiger partial charge on any atom is -0.406 e. The average molecular weight is 266 g/mol. The Morgan fingerprint density at radius 1 is 1.29 bits per heavy atom. The predicted molar refractivity (Wildman–Crippen MR) is 60.6 cm³/mol. The largest absolute Gasteiger partial charge is 0.573 e. The van der Waals surface area contributed by atoms with Gasteiger partial charge in [0.05, 0.1) is 0 Å². The highest BCUT2D eigenvalue weighted by Crippen LogP contribution is 2.25. The minimum atomic E-state index is -4.77. The lowest BCUT2D eigenvalue weighted by molar-refractivity contribution is -0.274. The molecule has 0 amide bonds. The highest BCUT2D eigenvalue weighted by atomic mass is 32.1. The van der Waals surface area contributed by atoms with E-state index in [1.807, 2.05) is 0 Å². The normalized spacial score (nSPS) is 12.1. The Hall–Kier alpha value is -1.17. The standard InChI is InChI=1S/C11H10F4OS/c12-10-5-4-9(16-11(13,14)15)7-8(10)3-1-2-6-17/h1,3-5,7,17H,2,6H2. The third-order valence-electron chi connectivity index (χ3n) is 1.79. The van der Waals surface area contributed by atoms with Crippen molar-refractivity contribution in [1.29, 1.82) is 0 Å². The number of halogens is 4. The van der Waals surface area contributed by atoms with Crippen molar-refractivity contribution in [2.75, 3.05) is 5.75 Å². The van der Waals surface area contributed by atoms with E-state index in [0.29, 0.717) is 12.2 Å². The van der Waals surface area contributed by atoms with Crippen molar-refractivity contribution >= 4 is 18.7 Å². The van der Waals surface area contributed by atoms with Gasteiger partial charge in [0.15, 0.2) is 0 Å². The van der Waals surface area contributed by atoms with Crippen LogP contribution in [0.1, 0.15) is 12.0 Å². The van der Waals surface area contributed by atoms with Crippen LogP contribution < -0.4 is 4.74 Å². The fraction of sp³-hybridized carbons (Fsp3) is 0.273. The van der Waals surface area contributed by atoms with Gasteiger partial charge < -0.3 is 4.74 Å². The van der Waals surface area contributed by atoms with Gasteiger partial charge in [0.2, 0.25) is 0 Å². The van der Waals surface area contributed by atoms with Crippen molar-refractivity contribution in [3.8, 4) is 5.75 Å². The number of hydrogen-bond donors (Lipinski definition) is 1. The molecule has 0 aliphatic heterocycles. The van der Waals surface area contributed by atoms with Gasteiger partial charge in [0.25, 0.3) is 0 Å². The molecule has 1 aromatic rings. The van der Waals surface area contributed by atoms with Gasteiger partial charge in [-0.1, -0.05) is 12.2 Å². The summed E-state index contributed by atoms with van der Waals surface area (Å²) in [5.74, 6) is -0.462. The molecule has 0 aliphatic rings. The lowest BCUT2D eigenvalue weighted by Crippen LogP contribution is -2.17. The molecule has 0 saturated carbocycles. The molecule has 0 spiro atoms. The summed E-state index contributed by atoms with van der Waals surface area (Å²) in [6.45, 7) is 0. The number of benzene rings is 1. The maximum absolute atomic E-state index is 13.2. The lowest BCUT2D eigenvalue weighted by atomic mass is 10.2. The van der Waals surface area contributed by atoms with E-state index >= 15 is 0 Å². The molecule has 1 aromatic carbocycles. The molecule has 6 heteroatoms. The molecule has 0 atom stereocenters. The molecule has 1 nitrogen and oxygen atoms in total. The summed E-state index contributed by atoms with van der Waals surface area (Å²) < 4.78 is 52.7. The third kappa shape index (κ3) is 5.12. The van der Waals surface area contributed by atoms with Crippen molar-refractivity contribution < 1.29 is 22.3 Å². The first kappa shape index (κ1) is 13.9. The summed E-state index contributed by atoms with van der Waals surface area (Å²) in [6.07, 6.45) is -1.14. The molecule has 0 bridgehead atoms. The lowest BCUT2D eigenvalue weighted by Gasteiger charge is -2.09. The van der Waals surface area contributed by atoms with Crippen molar-refractivity contribution in [3.05, 3.63) is 35.7 Å². The van der Waals surface area contributed by atoms with Crippen LogP contribution in [0.5, 0.6) is 5.75 Å². The number of rotatable bonds is 4. The summed E-state index contributed by atoms with van der Waals surface area (Å²) in [7, 11) is 0. The number of hydrogen-bond acceptors (Lipinski definition) is 2. The molecule has 94 valence electrons. The molecule has 0 radical (unpaired) electrons. The minimum absolute atomic E-state index is 0.0496. The Morgan fingerprint density at radius 2 is 2.00 bits per heavy atom. The second kappa shape index (κ2) is 5.95. The summed E-state index contributed by atoms with van der Waals surface area (Å²) >= 11 is 3.95. The Morgan fingerprint density at radius 3 is 2.59 bits per heavy atom. The van der Waals surface area contributed by atoms with Gasteiger partial charge in [-0.25, -0.2) is 4.39 Å². The van der Waals surface area contributed by atoms with Crippen LogP contribution >= 0.6 is 12.6 Å². The van der Waals surface area contributed by atoms with E-state index in [4.69, 9.17) is 0 Å². The fourth-order valence-electron chi connectivity index (χ4n) is 1.13. The van der Waals surface area contributed by atoms with Crippen LogP contribution in [0.25, 0.3) is 6.08 Å². The van der Waals surface area contributed by atoms with Crippen molar-refractivity contribution in [3.63, 3.8) is 0 Å². The zero-order valence-electron chi connectivity index (χ0n) is 8.67. The molecule has 17 heavy (non-hydrogen) atoms. The van der Waals surface area contributed by atoms with E-state index in [1.54, 1.807) is 6.08 Å². The van der Waals surface area contributed by atoms with Gasteiger partial charge in [0, 0.05) is 5.56 Å². The SMILES string of the molecule is Fc1ccc(OC(F)(F)F)cc1C=CCCS. The van der Waals surface area contributed by atoms with Crippen LogP contribution in [0.2, 0.25) is 0 Å². The van der Waals surface area contributed by atoms with Crippen LogP contribution in [0.4, 0.5) is 17.6 Å². The van der Waals surface area contributed by atoms with Crippen molar-refractivity contribution in [2.45, 2.75) is 12.8 Å². The maximum atomic E-state index is 13.2. The van der Waals surface area contributed by atoms with Crippen LogP contribution in [0.3, 0.4) is 0 Å². The summed E-state index contributed by atoms with van der Waals surface area (Å²) in [5, 5.41) is 0. The first-order valence-corrected chi connectivity index (χ1v) is 5.38. The van der Waals surface area contributed by atoms with E-state index in [-0.39, 0.29) is 5.56 Å². The van der Waals surface area contributed by atoms with Gasteiger partial charge in [-0.05, 0) is 30.4 Å². The van der Waals surface area contributed by atoms with E-state index < -0.39 is 17.9 Å². The first-order chi connectivity index (χ1) is 7.92. The number of thiol groups is 1. The third-order valence-corrected chi connectivity index (χ3v) is 2.05. The second-order valence-corrected chi connectivity index (χ2v) is 3.59. The Labute approximate surface area is 101 Å². The smallest absolute Gasteiger partial charge is 0.406 e. The highest BCUT2D eigenvalue weighted by molar-refractivity contribution is 7.80. The summed E-state index contributed by atoms with van der Waals surface area (Å²) in [4.78, 5) is 0. The topological polar surface area (TPSA) is 9.23 Å². The van der Waals surface area contributed by atoms with E-state index in [1.165, 1.54) is 6.08 Å². The van der Waals surface area contributed by atoms with E-state index in [9.17, 15) is 17.6 Å². The predicted octanol–water partition coefficient (Wildman–Crippen LogP) is 4.06. The second-order valence-electron chi connectivity index (χ2n) is 3.15. The molecule has 1 rings (SSSR count). The van der Waals surface area contributed by atoms with Gasteiger partial charge in [-0.3, -0.25) is 0 Å². The zero-order chi connectivity index (χ0) is 12.9. The molecule has 0 aromatic heterocycles. The fourth-order valence-corrected chi connectivity index (χ4v) is 1.28. The van der Waals surface area contributed by atoms with Crippen molar-refractivity contribution in [2.24, 2.45) is 0 Å². The summed E-state index contributed by atoms with van der Waals surface area (Å²) in [5.41, 5.74) is 0.0496. The molecular weight excluding hydrogens is 256 g/mol. The number of allylic oxidation sites excluding steroid dienone is 1. The molecular formula is C11H10F4OS. The highest BCUT2D eigenvalue weighted by Gasteiger charge is 2.31. The Bertz CT molecular complexity index is 401. The van der Waals surface area contributed by atoms with Crippen LogP contribution in [-0.4, -0.2) is 12.1 Å². The van der Waals surface area contributed by atoms with E-state index in [0.717, 1.165) is 18.2 Å². The molecule has 0 fully saturated rings. The van der Waals surface area contributed by atoms with E-state index in [2.05, 4.69) is 17.4 Å². The van der Waals surface area contributed by atoms with Crippen LogP contribution in [-0.2, 0) is 0 Å². The molecule has 0 N–H and O–H groups in total. The maximum Gasteiger partial charge on any atom is 0.573 e. The number of ether oxygens (including phenoxy) is 1. The molecule has 0 saturated heterocycles. The zero-order valence-corrected chi connectivity index (χ0v) is 9.56. The first-order valence-electron chi connectivity index (χ1n) is 4.75. The quantitative estimate of drug-likeness (QED) is 0.638. The molecule has 0 aliphatic carbocycles. The van der Waals surface area contributed by atoms with Gasteiger partial charge in [-0.15, -0.1) is 13.2 Å². The summed E-state index contributed by atoms with van der Waals surface area (Å²) in [6, 6.07) is 2.86. The van der Waals surface area contributed by atoms with Gasteiger partial charge in [0.1, 0.15) is 11.6 Å². The monoisotopic (exact) mass is 266 g/mol. The molecule has 0 heterocycles. The van der Waals surface area contributed by atoms with Crippen molar-refractivity contribution in [1.82, 2.24) is 0 Å². The average Bonchev–Trinajstić information content (AvgIpc) is 2.21. The van der Waals surface area contributed by atoms with Crippen LogP contribution in [0, 0.1) is 5.82 Å². The van der Waals surface area contributed by atoms with Gasteiger partial charge in [-0.2, -0.15) is 12.6 Å². The number of alkyl halides is 3. The van der Waals surface area contributed by atoms with Gasteiger partial charge >= 0.3 is 6.36 Å². The molecule has 0 unspecified atom stereocenters.